The summed E-state index contributed by atoms with van der Waals surface area (Å²) in [7, 11) is 1.63. The molecular formula is C17H27N3O2. The average Bonchev–Trinajstić information content (AvgIpc) is 2.52. The molecular weight excluding hydrogens is 278 g/mol. The van der Waals surface area contributed by atoms with Gasteiger partial charge in [-0.1, -0.05) is 24.3 Å². The molecule has 1 fully saturated rings. The first kappa shape index (κ1) is 16.8. The molecule has 1 saturated heterocycles. The number of benzene rings is 1. The van der Waals surface area contributed by atoms with Gasteiger partial charge in [0.1, 0.15) is 0 Å². The second kappa shape index (κ2) is 8.76. The van der Waals surface area contributed by atoms with Crippen LogP contribution in [-0.4, -0.2) is 50.3 Å². The number of nitrogens with zero attached hydrogens (tertiary/aromatic N) is 1. The van der Waals surface area contributed by atoms with Crippen LogP contribution in [0, 0.1) is 6.92 Å². The summed E-state index contributed by atoms with van der Waals surface area (Å²) in [6.45, 7) is 6.30. The number of methoxy groups -OCH3 is 1. The van der Waals surface area contributed by atoms with Crippen molar-refractivity contribution in [2.45, 2.75) is 32.4 Å². The van der Waals surface area contributed by atoms with E-state index in [9.17, 15) is 4.79 Å². The molecule has 2 N–H and O–H groups in total. The molecule has 0 bridgehead atoms. The number of hydrogen-bond acceptors (Lipinski definition) is 3. The molecule has 0 unspecified atom stereocenters. The highest BCUT2D eigenvalue weighted by atomic mass is 16.5. The number of carbonyl (C=O) groups is 1. The number of hydrogen-bond donors (Lipinski definition) is 2. The Hall–Kier alpha value is -1.59. The van der Waals surface area contributed by atoms with E-state index in [1.54, 1.807) is 7.11 Å². The number of likely N-dealkylation sites (tertiary alicyclic amines) is 1. The van der Waals surface area contributed by atoms with Crippen molar-refractivity contribution in [3.05, 3.63) is 35.4 Å². The summed E-state index contributed by atoms with van der Waals surface area (Å²) in [6.07, 6.45) is 2.01. The predicted molar refractivity (Wildman–Crippen MR) is 87.9 cm³/mol. The van der Waals surface area contributed by atoms with E-state index in [-0.39, 0.29) is 12.1 Å². The lowest BCUT2D eigenvalue weighted by Crippen LogP contribution is -2.48. The SMILES string of the molecule is COCCNC(=O)NC1CCN(Cc2ccccc2C)CC1. The molecule has 0 aliphatic carbocycles. The number of urea groups is 1. The van der Waals surface area contributed by atoms with Crippen LogP contribution >= 0.6 is 0 Å². The summed E-state index contributed by atoms with van der Waals surface area (Å²) in [5.41, 5.74) is 2.74. The zero-order chi connectivity index (χ0) is 15.8. The van der Waals surface area contributed by atoms with Gasteiger partial charge in [-0.05, 0) is 30.9 Å². The van der Waals surface area contributed by atoms with E-state index in [0.717, 1.165) is 32.5 Å². The number of rotatable bonds is 6. The molecule has 0 atom stereocenters. The van der Waals surface area contributed by atoms with Gasteiger partial charge in [-0.25, -0.2) is 4.79 Å². The largest absolute Gasteiger partial charge is 0.383 e. The zero-order valence-electron chi connectivity index (χ0n) is 13.6. The second-order valence-corrected chi connectivity index (χ2v) is 5.87. The standard InChI is InChI=1S/C17H27N3O2/c1-14-5-3-4-6-15(14)13-20-10-7-16(8-11-20)19-17(21)18-9-12-22-2/h3-6,16H,7-13H2,1-2H3,(H2,18,19,21). The molecule has 2 amide bonds. The van der Waals surface area contributed by atoms with Crippen LogP contribution in [0.25, 0.3) is 0 Å². The van der Waals surface area contributed by atoms with Gasteiger partial charge in [-0.3, -0.25) is 4.90 Å². The molecule has 1 aromatic rings. The fourth-order valence-corrected chi connectivity index (χ4v) is 2.77. The third-order valence-electron chi connectivity index (χ3n) is 4.17. The first-order valence-electron chi connectivity index (χ1n) is 7.99. The Morgan fingerprint density at radius 3 is 2.73 bits per heavy atom. The van der Waals surface area contributed by atoms with Gasteiger partial charge in [-0.15, -0.1) is 0 Å². The number of ether oxygens (including phenoxy) is 1. The minimum atomic E-state index is -0.0885. The predicted octanol–water partition coefficient (Wildman–Crippen LogP) is 1.91. The number of carbonyl (C=O) groups excluding carboxylic acids is 1. The summed E-state index contributed by atoms with van der Waals surface area (Å²) in [4.78, 5) is 14.2. The van der Waals surface area contributed by atoms with E-state index in [0.29, 0.717) is 13.2 Å². The van der Waals surface area contributed by atoms with Gasteiger partial charge < -0.3 is 15.4 Å². The quantitative estimate of drug-likeness (QED) is 0.789. The highest BCUT2D eigenvalue weighted by Crippen LogP contribution is 2.16. The van der Waals surface area contributed by atoms with E-state index in [1.807, 2.05) is 0 Å². The number of nitrogens with one attached hydrogen (secondary N) is 2. The highest BCUT2D eigenvalue weighted by molar-refractivity contribution is 5.74. The first-order valence-corrected chi connectivity index (χ1v) is 7.99. The second-order valence-electron chi connectivity index (χ2n) is 5.87. The molecule has 1 aliphatic heterocycles. The summed E-state index contributed by atoms with van der Waals surface area (Å²) in [6, 6.07) is 8.72. The summed E-state index contributed by atoms with van der Waals surface area (Å²) < 4.78 is 4.91. The van der Waals surface area contributed by atoms with Crippen molar-refractivity contribution in [2.24, 2.45) is 0 Å². The van der Waals surface area contributed by atoms with Crippen LogP contribution < -0.4 is 10.6 Å². The van der Waals surface area contributed by atoms with Crippen LogP contribution in [0.2, 0.25) is 0 Å². The molecule has 0 aromatic heterocycles. The fraction of sp³-hybridized carbons (Fsp3) is 0.588. The molecule has 1 aliphatic rings. The Kier molecular flexibility index (Phi) is 6.68. The Balaban J connectivity index is 1.69. The van der Waals surface area contributed by atoms with Crippen molar-refractivity contribution in [1.82, 2.24) is 15.5 Å². The van der Waals surface area contributed by atoms with E-state index in [2.05, 4.69) is 46.7 Å². The zero-order valence-corrected chi connectivity index (χ0v) is 13.6. The third kappa shape index (κ3) is 5.31. The molecule has 5 nitrogen and oxygen atoms in total. The van der Waals surface area contributed by atoms with Crippen LogP contribution in [0.3, 0.4) is 0 Å². The molecule has 22 heavy (non-hydrogen) atoms. The molecule has 0 saturated carbocycles. The van der Waals surface area contributed by atoms with Crippen molar-refractivity contribution in [3.63, 3.8) is 0 Å². The van der Waals surface area contributed by atoms with E-state index in [4.69, 9.17) is 4.74 Å². The Bertz CT molecular complexity index is 471. The van der Waals surface area contributed by atoms with Crippen LogP contribution in [-0.2, 0) is 11.3 Å². The minimum Gasteiger partial charge on any atom is -0.383 e. The summed E-state index contributed by atoms with van der Waals surface area (Å²) in [5, 5.41) is 5.84. The van der Waals surface area contributed by atoms with Crippen molar-refractivity contribution >= 4 is 6.03 Å². The van der Waals surface area contributed by atoms with Crippen LogP contribution in [0.15, 0.2) is 24.3 Å². The molecule has 2 rings (SSSR count). The smallest absolute Gasteiger partial charge is 0.315 e. The van der Waals surface area contributed by atoms with Crippen LogP contribution in [0.4, 0.5) is 4.79 Å². The van der Waals surface area contributed by atoms with Crippen LogP contribution in [0.5, 0.6) is 0 Å². The first-order chi connectivity index (χ1) is 10.7. The van der Waals surface area contributed by atoms with Crippen molar-refractivity contribution < 1.29 is 9.53 Å². The Morgan fingerprint density at radius 1 is 1.32 bits per heavy atom. The van der Waals surface area contributed by atoms with Gasteiger partial charge in [0.05, 0.1) is 6.61 Å². The van der Waals surface area contributed by atoms with Gasteiger partial charge in [0.2, 0.25) is 0 Å². The number of piperidine rings is 1. The van der Waals surface area contributed by atoms with Crippen molar-refractivity contribution in [2.75, 3.05) is 33.4 Å². The molecule has 1 aromatic carbocycles. The minimum absolute atomic E-state index is 0.0885. The van der Waals surface area contributed by atoms with E-state index >= 15 is 0 Å². The average molecular weight is 305 g/mol. The fourth-order valence-electron chi connectivity index (χ4n) is 2.77. The lowest BCUT2D eigenvalue weighted by molar-refractivity contribution is 0.180. The van der Waals surface area contributed by atoms with Gasteiger partial charge in [-0.2, -0.15) is 0 Å². The number of amides is 2. The topological polar surface area (TPSA) is 53.6 Å². The van der Waals surface area contributed by atoms with Crippen molar-refractivity contribution in [3.8, 4) is 0 Å². The van der Waals surface area contributed by atoms with Gasteiger partial charge >= 0.3 is 6.03 Å². The maximum atomic E-state index is 11.7. The van der Waals surface area contributed by atoms with E-state index < -0.39 is 0 Å². The van der Waals surface area contributed by atoms with E-state index in [1.165, 1.54) is 11.1 Å². The van der Waals surface area contributed by atoms with Gasteiger partial charge in [0.15, 0.2) is 0 Å². The maximum absolute atomic E-state index is 11.7. The molecule has 1 heterocycles. The third-order valence-corrected chi connectivity index (χ3v) is 4.17. The van der Waals surface area contributed by atoms with Gasteiger partial charge in [0, 0.05) is 39.3 Å². The molecule has 0 spiro atoms. The molecule has 5 heteroatoms. The number of aryl methyl sites for hydroxylation is 1. The summed E-state index contributed by atoms with van der Waals surface area (Å²) >= 11 is 0. The monoisotopic (exact) mass is 305 g/mol. The summed E-state index contributed by atoms with van der Waals surface area (Å²) in [5.74, 6) is 0. The van der Waals surface area contributed by atoms with Crippen molar-refractivity contribution in [1.29, 1.82) is 0 Å². The lowest BCUT2D eigenvalue weighted by Gasteiger charge is -2.32. The normalized spacial score (nSPS) is 16.5. The highest BCUT2D eigenvalue weighted by Gasteiger charge is 2.20. The molecule has 0 radical (unpaired) electrons. The van der Waals surface area contributed by atoms with Crippen LogP contribution in [0.1, 0.15) is 24.0 Å². The Labute approximate surface area is 133 Å². The molecule has 122 valence electrons. The lowest BCUT2D eigenvalue weighted by atomic mass is 10.0. The maximum Gasteiger partial charge on any atom is 0.315 e. The van der Waals surface area contributed by atoms with Gasteiger partial charge in [0.25, 0.3) is 0 Å². The Morgan fingerprint density at radius 2 is 2.05 bits per heavy atom.